The summed E-state index contributed by atoms with van der Waals surface area (Å²) in [6.45, 7) is 1.76. The van der Waals surface area contributed by atoms with Gasteiger partial charge < -0.3 is 10.5 Å². The number of para-hydroxylation sites is 2. The third-order valence-corrected chi connectivity index (χ3v) is 3.87. The van der Waals surface area contributed by atoms with Crippen LogP contribution < -0.4 is 20.9 Å². The molecule has 122 valence electrons. The highest BCUT2D eigenvalue weighted by Gasteiger charge is 2.23. The van der Waals surface area contributed by atoms with Gasteiger partial charge in [-0.15, -0.1) is 0 Å². The Morgan fingerprint density at radius 3 is 2.65 bits per heavy atom. The molecule has 0 saturated heterocycles. The lowest BCUT2D eigenvalue weighted by Crippen LogP contribution is -2.49. The van der Waals surface area contributed by atoms with Crippen LogP contribution in [0, 0.1) is 6.92 Å². The first-order chi connectivity index (χ1) is 10.9. The number of methoxy groups -OCH3 is 1. The van der Waals surface area contributed by atoms with Crippen molar-refractivity contribution in [2.45, 2.75) is 6.92 Å². The maximum Gasteiger partial charge on any atom is 0.292 e. The van der Waals surface area contributed by atoms with E-state index in [-0.39, 0.29) is 15.8 Å². The average molecular weight is 354 g/mol. The van der Waals surface area contributed by atoms with Crippen LogP contribution in [-0.4, -0.2) is 27.9 Å². The Morgan fingerprint density at radius 1 is 1.48 bits per heavy atom. The maximum absolute atomic E-state index is 12.4. The number of nitrogens with two attached hydrogens (primary N) is 1. The maximum atomic E-state index is 12.4. The van der Waals surface area contributed by atoms with E-state index >= 15 is 0 Å². The fourth-order valence-corrected chi connectivity index (χ4v) is 2.32. The first-order valence-electron chi connectivity index (χ1n) is 6.59. The van der Waals surface area contributed by atoms with E-state index in [1.54, 1.807) is 38.2 Å². The van der Waals surface area contributed by atoms with Crippen molar-refractivity contribution >= 4 is 40.5 Å². The standard InChI is InChI=1S/C14H16ClN5O2S/c1-8-11(15)12(17-19(8)2)13(21)18-20(14(16)23)9-6-4-5-7-10(9)22-3/h4-7H,1-3H3,(H2,16,23)(H,18,21). The van der Waals surface area contributed by atoms with Crippen molar-refractivity contribution in [1.29, 1.82) is 0 Å². The highest BCUT2D eigenvalue weighted by atomic mass is 35.5. The summed E-state index contributed by atoms with van der Waals surface area (Å²) in [7, 11) is 3.21. The molecule has 0 aliphatic carbocycles. The molecule has 1 aromatic carbocycles. The molecule has 0 aliphatic rings. The summed E-state index contributed by atoms with van der Waals surface area (Å²) < 4.78 is 6.78. The van der Waals surface area contributed by atoms with Crippen molar-refractivity contribution in [3.05, 3.63) is 40.7 Å². The van der Waals surface area contributed by atoms with E-state index in [2.05, 4.69) is 10.5 Å². The summed E-state index contributed by atoms with van der Waals surface area (Å²) in [5.41, 5.74) is 9.58. The molecule has 7 nitrogen and oxygen atoms in total. The minimum Gasteiger partial charge on any atom is -0.494 e. The number of halogens is 1. The number of hydrogen-bond acceptors (Lipinski definition) is 4. The first kappa shape index (κ1) is 17.0. The predicted octanol–water partition coefficient (Wildman–Crippen LogP) is 1.79. The van der Waals surface area contributed by atoms with E-state index in [0.717, 1.165) is 0 Å². The molecule has 0 atom stereocenters. The fraction of sp³-hybridized carbons (Fsp3) is 0.214. The highest BCUT2D eigenvalue weighted by Crippen LogP contribution is 2.27. The molecule has 0 radical (unpaired) electrons. The molecular formula is C14H16ClN5O2S. The number of aryl methyl sites for hydroxylation is 1. The van der Waals surface area contributed by atoms with Gasteiger partial charge in [0.25, 0.3) is 5.91 Å². The largest absolute Gasteiger partial charge is 0.494 e. The van der Waals surface area contributed by atoms with Gasteiger partial charge in [-0.05, 0) is 31.3 Å². The second-order valence-electron chi connectivity index (χ2n) is 4.66. The number of amides is 1. The lowest BCUT2D eigenvalue weighted by atomic mass is 10.3. The zero-order valence-electron chi connectivity index (χ0n) is 12.8. The number of benzene rings is 1. The lowest BCUT2D eigenvalue weighted by molar-refractivity contribution is 0.0949. The number of hydrogen-bond donors (Lipinski definition) is 2. The van der Waals surface area contributed by atoms with E-state index in [9.17, 15) is 4.79 Å². The van der Waals surface area contributed by atoms with E-state index in [4.69, 9.17) is 34.3 Å². The van der Waals surface area contributed by atoms with Gasteiger partial charge in [-0.2, -0.15) is 5.10 Å². The smallest absolute Gasteiger partial charge is 0.292 e. The van der Waals surface area contributed by atoms with Gasteiger partial charge >= 0.3 is 0 Å². The number of hydrazine groups is 1. The van der Waals surface area contributed by atoms with Crippen LogP contribution in [0.25, 0.3) is 0 Å². The van der Waals surface area contributed by atoms with E-state index < -0.39 is 5.91 Å². The summed E-state index contributed by atoms with van der Waals surface area (Å²) in [6, 6.07) is 7.00. The Kier molecular flexibility index (Phi) is 5.07. The van der Waals surface area contributed by atoms with Crippen molar-refractivity contribution in [3.63, 3.8) is 0 Å². The summed E-state index contributed by atoms with van der Waals surface area (Å²) in [5, 5.41) is 5.56. The second kappa shape index (κ2) is 6.84. The van der Waals surface area contributed by atoms with Crippen LogP contribution in [0.5, 0.6) is 5.75 Å². The topological polar surface area (TPSA) is 85.4 Å². The molecule has 1 amide bonds. The van der Waals surface area contributed by atoms with Gasteiger partial charge in [0.1, 0.15) is 11.4 Å². The number of nitrogens with one attached hydrogen (secondary N) is 1. The number of anilines is 1. The van der Waals surface area contributed by atoms with E-state index in [1.165, 1.54) is 16.8 Å². The molecule has 0 unspecified atom stereocenters. The number of nitrogens with zero attached hydrogens (tertiary/aromatic N) is 3. The first-order valence-corrected chi connectivity index (χ1v) is 7.38. The molecule has 2 rings (SSSR count). The third kappa shape index (κ3) is 3.38. The molecule has 23 heavy (non-hydrogen) atoms. The van der Waals surface area contributed by atoms with Gasteiger partial charge in [0.2, 0.25) is 0 Å². The Labute approximate surface area is 143 Å². The summed E-state index contributed by atoms with van der Waals surface area (Å²) >= 11 is 11.1. The normalized spacial score (nSPS) is 10.3. The molecule has 2 aromatic rings. The second-order valence-corrected chi connectivity index (χ2v) is 5.45. The van der Waals surface area contributed by atoms with Gasteiger partial charge in [-0.25, -0.2) is 5.01 Å². The molecule has 0 saturated carbocycles. The van der Waals surface area contributed by atoms with Crippen molar-refractivity contribution in [2.24, 2.45) is 12.8 Å². The summed E-state index contributed by atoms with van der Waals surface area (Å²) in [5.74, 6) is -0.0266. The summed E-state index contributed by atoms with van der Waals surface area (Å²) in [4.78, 5) is 12.4. The molecular weight excluding hydrogens is 338 g/mol. The van der Waals surface area contributed by atoms with Crippen LogP contribution in [0.1, 0.15) is 16.2 Å². The molecule has 0 bridgehead atoms. The Bertz CT molecular complexity index is 762. The van der Waals surface area contributed by atoms with Crippen LogP contribution in [0.4, 0.5) is 5.69 Å². The quantitative estimate of drug-likeness (QED) is 0.646. The zero-order valence-corrected chi connectivity index (χ0v) is 14.4. The number of ether oxygens (including phenoxy) is 1. The molecule has 3 N–H and O–H groups in total. The van der Waals surface area contributed by atoms with Gasteiger partial charge in [0.05, 0.1) is 17.8 Å². The van der Waals surface area contributed by atoms with Crippen molar-refractivity contribution in [1.82, 2.24) is 15.2 Å². The highest BCUT2D eigenvalue weighted by molar-refractivity contribution is 7.80. The number of rotatable bonds is 3. The Balaban J connectivity index is 2.35. The minimum atomic E-state index is -0.530. The van der Waals surface area contributed by atoms with Crippen LogP contribution in [0.2, 0.25) is 5.02 Å². The van der Waals surface area contributed by atoms with E-state index in [0.29, 0.717) is 17.1 Å². The van der Waals surface area contributed by atoms with Gasteiger partial charge in [0, 0.05) is 7.05 Å². The molecule has 1 aromatic heterocycles. The van der Waals surface area contributed by atoms with Crippen molar-refractivity contribution in [2.75, 3.05) is 12.1 Å². The summed E-state index contributed by atoms with van der Waals surface area (Å²) in [6.07, 6.45) is 0. The van der Waals surface area contributed by atoms with Gasteiger partial charge in [-0.1, -0.05) is 23.7 Å². The number of carbonyl (C=O) groups is 1. The van der Waals surface area contributed by atoms with Crippen LogP contribution in [0.15, 0.2) is 24.3 Å². The lowest BCUT2D eigenvalue weighted by Gasteiger charge is -2.24. The monoisotopic (exact) mass is 353 g/mol. The van der Waals surface area contributed by atoms with Crippen molar-refractivity contribution in [3.8, 4) is 5.75 Å². The van der Waals surface area contributed by atoms with Gasteiger partial charge in [-0.3, -0.25) is 14.9 Å². The third-order valence-electron chi connectivity index (χ3n) is 3.24. The molecule has 0 aliphatic heterocycles. The minimum absolute atomic E-state index is 0.0494. The van der Waals surface area contributed by atoms with Crippen molar-refractivity contribution < 1.29 is 9.53 Å². The number of aromatic nitrogens is 2. The molecule has 1 heterocycles. The Morgan fingerprint density at radius 2 is 2.13 bits per heavy atom. The van der Waals surface area contributed by atoms with Crippen LogP contribution in [-0.2, 0) is 7.05 Å². The predicted molar refractivity (Wildman–Crippen MR) is 92.7 cm³/mol. The fourth-order valence-electron chi connectivity index (χ4n) is 1.93. The zero-order chi connectivity index (χ0) is 17.1. The van der Waals surface area contributed by atoms with Crippen LogP contribution >= 0.6 is 23.8 Å². The number of carbonyl (C=O) groups excluding carboxylic acids is 1. The van der Waals surface area contributed by atoms with E-state index in [1.807, 2.05) is 0 Å². The van der Waals surface area contributed by atoms with Crippen LogP contribution in [0.3, 0.4) is 0 Å². The molecule has 0 fully saturated rings. The SMILES string of the molecule is COc1ccccc1N(NC(=O)c1nn(C)c(C)c1Cl)C(N)=S. The average Bonchev–Trinajstić information content (AvgIpc) is 2.79. The molecule has 9 heteroatoms. The Hall–Kier alpha value is -2.32. The molecule has 0 spiro atoms. The van der Waals surface area contributed by atoms with Gasteiger partial charge in [0.15, 0.2) is 10.8 Å². The number of thiocarbonyl (C=S) groups is 1.